The number of nitrogens with one attached hydrogen (secondary N) is 1. The molecule has 0 aromatic heterocycles. The molecule has 1 saturated heterocycles. The standard InChI is InChI=1S/C22H28N2O2/c1-22(2,17-8-5-4-6-9-17)21(25)24-15-7-10-19(16-24)23-18-11-13-20(26-3)14-12-18/h4-6,8-9,11-14,19,23H,7,10,15-16H2,1-3H3/t19-/m1/s1. The van der Waals surface area contributed by atoms with Crippen molar-refractivity contribution in [2.24, 2.45) is 0 Å². The van der Waals surface area contributed by atoms with Crippen LogP contribution in [-0.4, -0.2) is 37.0 Å². The van der Waals surface area contributed by atoms with Gasteiger partial charge in [0.2, 0.25) is 5.91 Å². The first-order valence-electron chi connectivity index (χ1n) is 9.26. The molecule has 0 unspecified atom stereocenters. The molecular weight excluding hydrogens is 324 g/mol. The van der Waals surface area contributed by atoms with Crippen molar-refractivity contribution in [3.8, 4) is 5.75 Å². The number of piperidine rings is 1. The third kappa shape index (κ3) is 4.01. The minimum atomic E-state index is -0.511. The number of amides is 1. The zero-order valence-electron chi connectivity index (χ0n) is 15.9. The van der Waals surface area contributed by atoms with E-state index in [1.54, 1.807) is 7.11 Å². The van der Waals surface area contributed by atoms with E-state index >= 15 is 0 Å². The predicted molar refractivity (Wildman–Crippen MR) is 106 cm³/mol. The highest BCUT2D eigenvalue weighted by atomic mass is 16.5. The average Bonchev–Trinajstić information content (AvgIpc) is 2.69. The second-order valence-electron chi connectivity index (χ2n) is 7.45. The number of methoxy groups -OCH3 is 1. The molecule has 4 heteroatoms. The zero-order valence-corrected chi connectivity index (χ0v) is 15.9. The fourth-order valence-electron chi connectivity index (χ4n) is 3.58. The molecule has 138 valence electrons. The number of benzene rings is 2. The van der Waals surface area contributed by atoms with Gasteiger partial charge in [0.05, 0.1) is 12.5 Å². The van der Waals surface area contributed by atoms with Crippen molar-refractivity contribution in [1.82, 2.24) is 4.90 Å². The Morgan fingerprint density at radius 1 is 1.12 bits per heavy atom. The number of carbonyl (C=O) groups is 1. The summed E-state index contributed by atoms with van der Waals surface area (Å²) in [5, 5.41) is 3.56. The summed E-state index contributed by atoms with van der Waals surface area (Å²) in [5.74, 6) is 1.05. The summed E-state index contributed by atoms with van der Waals surface area (Å²) in [6.07, 6.45) is 2.09. The molecule has 1 aliphatic heterocycles. The van der Waals surface area contributed by atoms with Gasteiger partial charge in [-0.1, -0.05) is 30.3 Å². The maximum atomic E-state index is 13.2. The lowest BCUT2D eigenvalue weighted by Gasteiger charge is -2.38. The van der Waals surface area contributed by atoms with Crippen molar-refractivity contribution in [2.75, 3.05) is 25.5 Å². The van der Waals surface area contributed by atoms with E-state index < -0.39 is 5.41 Å². The maximum Gasteiger partial charge on any atom is 0.232 e. The van der Waals surface area contributed by atoms with Gasteiger partial charge in [0.1, 0.15) is 5.75 Å². The molecule has 0 bridgehead atoms. The molecule has 1 heterocycles. The number of carbonyl (C=O) groups excluding carboxylic acids is 1. The summed E-state index contributed by atoms with van der Waals surface area (Å²) in [6, 6.07) is 18.3. The number of ether oxygens (including phenoxy) is 1. The van der Waals surface area contributed by atoms with Crippen molar-refractivity contribution in [1.29, 1.82) is 0 Å². The number of anilines is 1. The molecule has 1 atom stereocenters. The zero-order chi connectivity index (χ0) is 18.6. The van der Waals surface area contributed by atoms with Crippen LogP contribution in [0.3, 0.4) is 0 Å². The SMILES string of the molecule is COc1ccc(N[C@@H]2CCCN(C(=O)C(C)(C)c3ccccc3)C2)cc1. The Labute approximate surface area is 156 Å². The molecule has 1 fully saturated rings. The number of nitrogens with zero attached hydrogens (tertiary/aromatic N) is 1. The lowest BCUT2D eigenvalue weighted by atomic mass is 9.82. The molecule has 4 nitrogen and oxygen atoms in total. The van der Waals surface area contributed by atoms with Crippen molar-refractivity contribution in [2.45, 2.75) is 38.1 Å². The monoisotopic (exact) mass is 352 g/mol. The van der Waals surface area contributed by atoms with E-state index in [1.807, 2.05) is 73.3 Å². The third-order valence-electron chi connectivity index (χ3n) is 5.20. The van der Waals surface area contributed by atoms with Crippen molar-refractivity contribution >= 4 is 11.6 Å². The van der Waals surface area contributed by atoms with Crippen LogP contribution in [0, 0.1) is 0 Å². The van der Waals surface area contributed by atoms with E-state index in [-0.39, 0.29) is 11.9 Å². The third-order valence-corrected chi connectivity index (χ3v) is 5.20. The fraction of sp³-hybridized carbons (Fsp3) is 0.409. The summed E-state index contributed by atoms with van der Waals surface area (Å²) in [5.41, 5.74) is 1.62. The lowest BCUT2D eigenvalue weighted by molar-refractivity contribution is -0.137. The van der Waals surface area contributed by atoms with E-state index in [1.165, 1.54) is 0 Å². The molecule has 2 aromatic carbocycles. The van der Waals surface area contributed by atoms with Gasteiger partial charge >= 0.3 is 0 Å². The van der Waals surface area contributed by atoms with Crippen LogP contribution >= 0.6 is 0 Å². The van der Waals surface area contributed by atoms with Crippen LogP contribution in [0.15, 0.2) is 54.6 Å². The molecule has 1 amide bonds. The minimum Gasteiger partial charge on any atom is -0.497 e. The van der Waals surface area contributed by atoms with E-state index in [0.29, 0.717) is 0 Å². The topological polar surface area (TPSA) is 41.6 Å². The summed E-state index contributed by atoms with van der Waals surface area (Å²) in [6.45, 7) is 5.60. The predicted octanol–water partition coefficient (Wildman–Crippen LogP) is 4.08. The molecule has 0 saturated carbocycles. The van der Waals surface area contributed by atoms with Gasteiger partial charge in [-0.05, 0) is 56.5 Å². The second kappa shape index (κ2) is 7.81. The maximum absolute atomic E-state index is 13.2. The molecule has 0 radical (unpaired) electrons. The smallest absolute Gasteiger partial charge is 0.232 e. The Morgan fingerprint density at radius 3 is 2.46 bits per heavy atom. The van der Waals surface area contributed by atoms with Gasteiger partial charge < -0.3 is 15.0 Å². The van der Waals surface area contributed by atoms with Gasteiger partial charge in [-0.2, -0.15) is 0 Å². The first kappa shape index (κ1) is 18.3. The van der Waals surface area contributed by atoms with E-state index in [4.69, 9.17) is 4.74 Å². The summed E-state index contributed by atoms with van der Waals surface area (Å²) in [7, 11) is 1.67. The first-order chi connectivity index (χ1) is 12.5. The van der Waals surface area contributed by atoms with Gasteiger partial charge in [-0.3, -0.25) is 4.79 Å². The molecule has 1 N–H and O–H groups in total. The van der Waals surface area contributed by atoms with Gasteiger partial charge in [0.15, 0.2) is 0 Å². The van der Waals surface area contributed by atoms with Crippen LogP contribution in [0.4, 0.5) is 5.69 Å². The molecule has 0 spiro atoms. The first-order valence-corrected chi connectivity index (χ1v) is 9.26. The molecule has 1 aliphatic rings. The summed E-state index contributed by atoms with van der Waals surface area (Å²) < 4.78 is 5.21. The van der Waals surface area contributed by atoms with Crippen molar-refractivity contribution in [3.63, 3.8) is 0 Å². The molecule has 3 rings (SSSR count). The quantitative estimate of drug-likeness (QED) is 0.882. The van der Waals surface area contributed by atoms with Crippen LogP contribution in [-0.2, 0) is 10.2 Å². The number of rotatable bonds is 5. The van der Waals surface area contributed by atoms with Gasteiger partial charge in [-0.15, -0.1) is 0 Å². The van der Waals surface area contributed by atoms with Crippen LogP contribution in [0.5, 0.6) is 5.75 Å². The fourth-order valence-corrected chi connectivity index (χ4v) is 3.58. The highest BCUT2D eigenvalue weighted by Gasteiger charge is 2.35. The number of hydrogen-bond acceptors (Lipinski definition) is 3. The molecular formula is C22H28N2O2. The van der Waals surface area contributed by atoms with Gasteiger partial charge in [0.25, 0.3) is 0 Å². The normalized spacial score (nSPS) is 17.7. The van der Waals surface area contributed by atoms with Gasteiger partial charge in [0, 0.05) is 24.8 Å². The van der Waals surface area contributed by atoms with E-state index in [0.717, 1.165) is 42.9 Å². The summed E-state index contributed by atoms with van der Waals surface area (Å²) in [4.78, 5) is 15.2. The van der Waals surface area contributed by atoms with Crippen LogP contribution in [0.25, 0.3) is 0 Å². The van der Waals surface area contributed by atoms with Crippen LogP contribution in [0.1, 0.15) is 32.3 Å². The Kier molecular flexibility index (Phi) is 5.50. The van der Waals surface area contributed by atoms with Crippen LogP contribution in [0.2, 0.25) is 0 Å². The largest absolute Gasteiger partial charge is 0.497 e. The Bertz CT molecular complexity index is 726. The Morgan fingerprint density at radius 2 is 1.81 bits per heavy atom. The summed E-state index contributed by atoms with van der Waals surface area (Å²) >= 11 is 0. The molecule has 2 aromatic rings. The van der Waals surface area contributed by atoms with Gasteiger partial charge in [-0.25, -0.2) is 0 Å². The average molecular weight is 352 g/mol. The highest BCUT2D eigenvalue weighted by Crippen LogP contribution is 2.28. The molecule has 26 heavy (non-hydrogen) atoms. The highest BCUT2D eigenvalue weighted by molar-refractivity contribution is 5.87. The van der Waals surface area contributed by atoms with Crippen molar-refractivity contribution < 1.29 is 9.53 Å². The van der Waals surface area contributed by atoms with Crippen molar-refractivity contribution in [3.05, 3.63) is 60.2 Å². The Hall–Kier alpha value is -2.49. The second-order valence-corrected chi connectivity index (χ2v) is 7.45. The molecule has 0 aliphatic carbocycles. The van der Waals surface area contributed by atoms with Crippen LogP contribution < -0.4 is 10.1 Å². The van der Waals surface area contributed by atoms with E-state index in [9.17, 15) is 4.79 Å². The Balaban J connectivity index is 1.66. The number of likely N-dealkylation sites (tertiary alicyclic amines) is 1. The number of hydrogen-bond donors (Lipinski definition) is 1. The lowest BCUT2D eigenvalue weighted by Crippen LogP contribution is -2.50. The minimum absolute atomic E-state index is 0.199. The van der Waals surface area contributed by atoms with E-state index in [2.05, 4.69) is 5.32 Å².